The Morgan fingerprint density at radius 2 is 1.18 bits per heavy atom. The fraction of sp³-hybridized carbons (Fsp3) is 0.684. The van der Waals surface area contributed by atoms with Gasteiger partial charge in [-0.2, -0.15) is 8.42 Å². The minimum atomic E-state index is -4.27. The Morgan fingerprint density at radius 1 is 0.786 bits per heavy atom. The summed E-state index contributed by atoms with van der Waals surface area (Å²) >= 11 is 0. The van der Waals surface area contributed by atoms with Gasteiger partial charge in [0.05, 0.1) is 10.6 Å². The van der Waals surface area contributed by atoms with Crippen LogP contribution in [0.5, 0.6) is 0 Å². The van der Waals surface area contributed by atoms with Gasteiger partial charge in [0.2, 0.25) is 0 Å². The largest absolute Gasteiger partial charge is 1.00 e. The zero-order valence-corrected chi connectivity index (χ0v) is 21.0. The number of hydrogen-bond acceptors (Lipinski definition) is 5. The van der Waals surface area contributed by atoms with Crippen LogP contribution in [0.25, 0.3) is 0 Å². The van der Waals surface area contributed by atoms with Crippen molar-refractivity contribution in [1.82, 2.24) is 0 Å². The van der Waals surface area contributed by atoms with E-state index in [4.69, 9.17) is 4.55 Å². The number of hydrogen-bond donors (Lipinski definition) is 1. The van der Waals surface area contributed by atoms with E-state index in [2.05, 4.69) is 6.92 Å². The zero-order chi connectivity index (χ0) is 20.8. The molecule has 1 N–H and O–H groups in total. The molecule has 28 heavy (non-hydrogen) atoms. The first-order valence-electron chi connectivity index (χ1n) is 9.54. The fourth-order valence-corrected chi connectivity index (χ4v) is 3.52. The Morgan fingerprint density at radius 3 is 1.54 bits per heavy atom. The van der Waals surface area contributed by atoms with E-state index >= 15 is 0 Å². The predicted molar refractivity (Wildman–Crippen MR) is 107 cm³/mol. The van der Waals surface area contributed by atoms with Crippen LogP contribution >= 0.6 is 0 Å². The van der Waals surface area contributed by atoms with Gasteiger partial charge in [-0.05, 0) is 25.5 Å². The second kappa shape index (κ2) is 16.8. The summed E-state index contributed by atoms with van der Waals surface area (Å²) in [6, 6.07) is 5.78. The molecule has 9 heteroatoms. The molecule has 0 unspecified atom stereocenters. The molecule has 0 saturated heterocycles. The Bertz CT molecular complexity index is 700. The second-order valence-corrected chi connectivity index (χ2v) is 9.69. The molecular weight excluding hydrogens is 411 g/mol. The average Bonchev–Trinajstić information content (AvgIpc) is 2.56. The van der Waals surface area contributed by atoms with E-state index in [0.29, 0.717) is 6.42 Å². The molecule has 0 saturated carbocycles. The van der Waals surface area contributed by atoms with Gasteiger partial charge in [-0.15, -0.1) is 0 Å². The molecule has 1 aromatic carbocycles. The van der Waals surface area contributed by atoms with Crippen LogP contribution in [0, 0.1) is 6.92 Å². The van der Waals surface area contributed by atoms with Crippen molar-refractivity contribution < 1.29 is 55.5 Å². The Hall–Kier alpha value is 0.0400. The average molecular weight is 445 g/mol. The summed E-state index contributed by atoms with van der Waals surface area (Å²) in [6.45, 7) is 4.04. The van der Waals surface area contributed by atoms with E-state index in [0.717, 1.165) is 18.4 Å². The molecule has 0 heterocycles. The monoisotopic (exact) mass is 444 g/mol. The van der Waals surface area contributed by atoms with Crippen LogP contribution in [0.4, 0.5) is 0 Å². The van der Waals surface area contributed by atoms with Crippen LogP contribution in [-0.4, -0.2) is 31.7 Å². The van der Waals surface area contributed by atoms with Crippen molar-refractivity contribution >= 4 is 20.2 Å². The third-order valence-electron chi connectivity index (χ3n) is 4.07. The van der Waals surface area contributed by atoms with E-state index in [1.807, 2.05) is 6.92 Å². The predicted octanol–water partition coefficient (Wildman–Crippen LogP) is 1.70. The van der Waals surface area contributed by atoms with E-state index in [1.165, 1.54) is 57.1 Å². The summed E-state index contributed by atoms with van der Waals surface area (Å²) in [6.07, 6.45) is 11.7. The SMILES string of the molecule is CCCCCCCCCCCCS(=O)(=O)O.Cc1ccc(S(=O)(=O)[O-])cc1.[Na+]. The molecule has 0 aliphatic carbocycles. The molecule has 0 aromatic heterocycles. The summed E-state index contributed by atoms with van der Waals surface area (Å²) in [5.74, 6) is -0.0799. The Balaban J connectivity index is 0. The van der Waals surface area contributed by atoms with Crippen LogP contribution in [-0.2, 0) is 20.2 Å². The maximum absolute atomic E-state index is 10.4. The maximum Gasteiger partial charge on any atom is 1.00 e. The van der Waals surface area contributed by atoms with Crippen LogP contribution < -0.4 is 29.6 Å². The zero-order valence-electron chi connectivity index (χ0n) is 17.4. The molecule has 0 atom stereocenters. The van der Waals surface area contributed by atoms with Crippen LogP contribution in [0.15, 0.2) is 29.2 Å². The summed E-state index contributed by atoms with van der Waals surface area (Å²) in [4.78, 5) is -0.178. The van der Waals surface area contributed by atoms with Crippen LogP contribution in [0.2, 0.25) is 0 Å². The molecule has 158 valence electrons. The van der Waals surface area contributed by atoms with Gasteiger partial charge in [-0.3, -0.25) is 4.55 Å². The molecule has 0 radical (unpaired) electrons. The van der Waals surface area contributed by atoms with Gasteiger partial charge in [0.15, 0.2) is 0 Å². The third kappa shape index (κ3) is 19.4. The molecule has 1 aromatic rings. The molecular formula is C19H33NaO6S2. The smallest absolute Gasteiger partial charge is 0.744 e. The molecule has 0 amide bonds. The van der Waals surface area contributed by atoms with Gasteiger partial charge in [-0.1, -0.05) is 82.4 Å². The van der Waals surface area contributed by atoms with Crippen LogP contribution in [0.1, 0.15) is 76.7 Å². The molecule has 1 rings (SSSR count). The normalized spacial score (nSPS) is 11.3. The van der Waals surface area contributed by atoms with Gasteiger partial charge in [-0.25, -0.2) is 8.42 Å². The van der Waals surface area contributed by atoms with Gasteiger partial charge < -0.3 is 4.55 Å². The van der Waals surface area contributed by atoms with Crippen molar-refractivity contribution in [1.29, 1.82) is 0 Å². The maximum atomic E-state index is 10.4. The summed E-state index contributed by atoms with van der Waals surface area (Å²) in [5.41, 5.74) is 0.928. The van der Waals surface area contributed by atoms with E-state index in [1.54, 1.807) is 12.1 Å². The van der Waals surface area contributed by atoms with Gasteiger partial charge in [0, 0.05) is 0 Å². The topological polar surface area (TPSA) is 112 Å². The molecule has 0 fully saturated rings. The number of aryl methyl sites for hydroxylation is 1. The van der Waals surface area contributed by atoms with Gasteiger partial charge in [0.25, 0.3) is 10.1 Å². The van der Waals surface area contributed by atoms with E-state index < -0.39 is 20.2 Å². The molecule has 0 bridgehead atoms. The van der Waals surface area contributed by atoms with E-state index in [-0.39, 0.29) is 40.2 Å². The third-order valence-corrected chi connectivity index (χ3v) is 5.72. The molecule has 0 aliphatic rings. The number of unbranched alkanes of at least 4 members (excludes halogenated alkanes) is 9. The number of rotatable bonds is 12. The first-order chi connectivity index (χ1) is 12.6. The minimum absolute atomic E-state index is 0. The Kier molecular flexibility index (Phi) is 18.1. The molecule has 0 aliphatic heterocycles. The first-order valence-corrected chi connectivity index (χ1v) is 12.6. The molecule has 0 spiro atoms. The van der Waals surface area contributed by atoms with Crippen molar-refractivity contribution in [2.45, 2.75) is 83.0 Å². The summed E-state index contributed by atoms with van der Waals surface area (Å²) in [7, 11) is -8.00. The fourth-order valence-electron chi connectivity index (χ4n) is 2.48. The summed E-state index contributed by atoms with van der Waals surface area (Å²) in [5, 5.41) is 0. The van der Waals surface area contributed by atoms with E-state index in [9.17, 15) is 21.4 Å². The van der Waals surface area contributed by atoms with Crippen molar-refractivity contribution in [3.05, 3.63) is 29.8 Å². The first kappa shape index (κ1) is 30.2. The van der Waals surface area contributed by atoms with Crippen molar-refractivity contribution in [2.75, 3.05) is 5.75 Å². The number of benzene rings is 1. The van der Waals surface area contributed by atoms with Crippen LogP contribution in [0.3, 0.4) is 0 Å². The van der Waals surface area contributed by atoms with Crippen molar-refractivity contribution in [3.63, 3.8) is 0 Å². The minimum Gasteiger partial charge on any atom is -0.744 e. The summed E-state index contributed by atoms with van der Waals surface area (Å²) < 4.78 is 60.5. The quantitative estimate of drug-likeness (QED) is 0.298. The molecule has 6 nitrogen and oxygen atoms in total. The van der Waals surface area contributed by atoms with Crippen molar-refractivity contribution in [3.8, 4) is 0 Å². The Labute approximate surface area is 193 Å². The van der Waals surface area contributed by atoms with Gasteiger partial charge in [0.1, 0.15) is 10.1 Å². The van der Waals surface area contributed by atoms with Crippen molar-refractivity contribution in [2.24, 2.45) is 0 Å². The second-order valence-electron chi connectivity index (χ2n) is 6.74. The standard InChI is InChI=1S/C12H26O3S.C7H8O3S.Na/c1-2-3-4-5-6-7-8-9-10-11-12-16(13,14)15;1-6-2-4-7(5-3-6)11(8,9)10;/h2-12H2,1H3,(H,13,14,15);2-5H,1H3,(H,8,9,10);/q;;+1/p-1. The van der Waals surface area contributed by atoms with Gasteiger partial charge >= 0.3 is 29.6 Å².